The van der Waals surface area contributed by atoms with Gasteiger partial charge in [-0.3, -0.25) is 14.2 Å². The number of carboxylic acid groups (broad SMARTS) is 2. The molecule has 1 aliphatic carbocycles. The molecular formula is C22H32ClN9O5. The molecule has 0 radical (unpaired) electrons. The lowest BCUT2D eigenvalue weighted by Crippen LogP contribution is -2.23. The summed E-state index contributed by atoms with van der Waals surface area (Å²) in [6.07, 6.45) is 9.05. The van der Waals surface area contributed by atoms with Crippen LogP contribution in [0, 0.1) is 0 Å². The van der Waals surface area contributed by atoms with Gasteiger partial charge < -0.3 is 20.3 Å². The predicted molar refractivity (Wildman–Crippen MR) is 133 cm³/mol. The Hall–Kier alpha value is -3.39. The molecule has 1 saturated carbocycles. The average molecular weight is 538 g/mol. The molecule has 14 nitrogen and oxygen atoms in total. The van der Waals surface area contributed by atoms with E-state index in [1.165, 1.54) is 19.3 Å². The molecule has 0 unspecified atom stereocenters. The minimum atomic E-state index is -0.833. The van der Waals surface area contributed by atoms with Crippen LogP contribution in [0.15, 0.2) is 6.33 Å². The van der Waals surface area contributed by atoms with Crippen LogP contribution in [0.1, 0.15) is 83.9 Å². The zero-order valence-corrected chi connectivity index (χ0v) is 21.8. The number of fused-ring (bicyclic) bond motifs is 1. The van der Waals surface area contributed by atoms with Gasteiger partial charge in [-0.1, -0.05) is 19.3 Å². The highest BCUT2D eigenvalue weighted by Crippen LogP contribution is 2.38. The molecule has 0 aromatic carbocycles. The van der Waals surface area contributed by atoms with Gasteiger partial charge in [-0.2, -0.15) is 14.8 Å². The van der Waals surface area contributed by atoms with Crippen molar-refractivity contribution >= 4 is 40.5 Å². The van der Waals surface area contributed by atoms with E-state index < -0.39 is 11.9 Å². The summed E-state index contributed by atoms with van der Waals surface area (Å²) < 4.78 is 8.14. The number of rotatable bonds is 5. The van der Waals surface area contributed by atoms with E-state index in [-0.39, 0.29) is 17.6 Å². The molecule has 3 N–H and O–H groups in total. The molecule has 3 aromatic rings. The van der Waals surface area contributed by atoms with Crippen LogP contribution in [0.3, 0.4) is 0 Å². The molecule has 202 valence electrons. The molecule has 1 saturated heterocycles. The first-order valence-corrected chi connectivity index (χ1v) is 12.5. The Balaban J connectivity index is 0.000000420. The Kier molecular flexibility index (Phi) is 10.1. The molecule has 4 heterocycles. The summed E-state index contributed by atoms with van der Waals surface area (Å²) in [7, 11) is 0. The number of nitrogens with zero attached hydrogens (tertiary/aromatic N) is 8. The van der Waals surface area contributed by atoms with Gasteiger partial charge in [0.05, 0.1) is 12.9 Å². The van der Waals surface area contributed by atoms with Crippen LogP contribution in [0.4, 0.5) is 5.82 Å². The van der Waals surface area contributed by atoms with Gasteiger partial charge in [0.2, 0.25) is 11.1 Å². The van der Waals surface area contributed by atoms with Crippen molar-refractivity contribution < 1.29 is 24.5 Å². The fourth-order valence-corrected chi connectivity index (χ4v) is 4.34. The van der Waals surface area contributed by atoms with Gasteiger partial charge in [0, 0.05) is 19.9 Å². The van der Waals surface area contributed by atoms with Gasteiger partial charge in [0.15, 0.2) is 17.0 Å². The summed E-state index contributed by atoms with van der Waals surface area (Å²) in [6.45, 7) is 4.82. The molecule has 0 spiro atoms. The van der Waals surface area contributed by atoms with Gasteiger partial charge in [-0.15, -0.1) is 10.2 Å². The van der Waals surface area contributed by atoms with Crippen molar-refractivity contribution in [3.8, 4) is 0 Å². The zero-order chi connectivity index (χ0) is 26.9. The van der Waals surface area contributed by atoms with E-state index in [4.69, 9.17) is 36.1 Å². The van der Waals surface area contributed by atoms with Gasteiger partial charge in [0.25, 0.3) is 11.9 Å². The lowest BCUT2D eigenvalue weighted by Gasteiger charge is -2.23. The van der Waals surface area contributed by atoms with Gasteiger partial charge in [0.1, 0.15) is 12.3 Å². The lowest BCUT2D eigenvalue weighted by atomic mass is 9.95. The van der Waals surface area contributed by atoms with Gasteiger partial charge in [-0.05, 0) is 49.4 Å². The number of carboxylic acids is 2. The monoisotopic (exact) mass is 537 g/mol. The maximum atomic E-state index is 9.00. The van der Waals surface area contributed by atoms with Crippen molar-refractivity contribution in [2.75, 3.05) is 5.32 Å². The number of carbonyl (C=O) groups is 2. The van der Waals surface area contributed by atoms with Crippen molar-refractivity contribution in [3.05, 3.63) is 17.4 Å². The number of halogens is 1. The molecule has 2 atom stereocenters. The summed E-state index contributed by atoms with van der Waals surface area (Å²) in [6, 6.07) is 0.405. The molecule has 2 aliphatic rings. The number of aromatic nitrogens is 8. The molecule has 0 bridgehead atoms. The van der Waals surface area contributed by atoms with Gasteiger partial charge in [-0.25, -0.2) is 4.98 Å². The highest BCUT2D eigenvalue weighted by atomic mass is 35.5. The Bertz CT molecular complexity index is 1170. The van der Waals surface area contributed by atoms with E-state index in [2.05, 4.69) is 35.7 Å². The van der Waals surface area contributed by atoms with Crippen molar-refractivity contribution in [2.24, 2.45) is 0 Å². The van der Waals surface area contributed by atoms with Crippen molar-refractivity contribution in [2.45, 2.75) is 90.6 Å². The maximum Gasteiger partial charge on any atom is 0.300 e. The van der Waals surface area contributed by atoms with Crippen molar-refractivity contribution in [1.29, 1.82) is 0 Å². The smallest absolute Gasteiger partial charge is 0.300 e. The van der Waals surface area contributed by atoms with E-state index in [0.29, 0.717) is 29.9 Å². The largest absolute Gasteiger partial charge is 0.481 e. The maximum absolute atomic E-state index is 9.00. The highest BCUT2D eigenvalue weighted by Gasteiger charge is 2.32. The Morgan fingerprint density at radius 3 is 2.41 bits per heavy atom. The third-order valence-corrected chi connectivity index (χ3v) is 5.86. The number of nitrogens with one attached hydrogen (secondary N) is 1. The number of tetrazole rings is 1. The van der Waals surface area contributed by atoms with Crippen LogP contribution in [0.2, 0.25) is 5.28 Å². The fourth-order valence-electron chi connectivity index (χ4n) is 4.17. The molecule has 0 amide bonds. The van der Waals surface area contributed by atoms with E-state index >= 15 is 0 Å². The van der Waals surface area contributed by atoms with Gasteiger partial charge >= 0.3 is 0 Å². The van der Waals surface area contributed by atoms with E-state index in [0.717, 1.165) is 45.0 Å². The second-order valence-electron chi connectivity index (χ2n) is 8.68. The van der Waals surface area contributed by atoms with E-state index in [1.807, 2.05) is 11.5 Å². The summed E-state index contributed by atoms with van der Waals surface area (Å²) in [5.41, 5.74) is 1.40. The number of imidazole rings is 1. The zero-order valence-electron chi connectivity index (χ0n) is 21.0. The van der Waals surface area contributed by atoms with E-state index in [9.17, 15) is 0 Å². The van der Waals surface area contributed by atoms with Crippen LogP contribution >= 0.6 is 11.6 Å². The Morgan fingerprint density at radius 1 is 1.11 bits per heavy atom. The number of anilines is 1. The number of aliphatic carboxylic acids is 2. The van der Waals surface area contributed by atoms with Crippen LogP contribution in [0.5, 0.6) is 0 Å². The second kappa shape index (κ2) is 13.2. The summed E-state index contributed by atoms with van der Waals surface area (Å²) in [5, 5.41) is 31.1. The van der Waals surface area contributed by atoms with Crippen molar-refractivity contribution in [3.63, 3.8) is 0 Å². The molecule has 37 heavy (non-hydrogen) atoms. The lowest BCUT2D eigenvalue weighted by molar-refractivity contribution is -0.135. The molecule has 2 fully saturated rings. The van der Waals surface area contributed by atoms with Crippen molar-refractivity contribution in [1.82, 2.24) is 39.7 Å². The summed E-state index contributed by atoms with van der Waals surface area (Å²) in [4.78, 5) is 33.0. The quantitative estimate of drug-likeness (QED) is 0.403. The molecule has 15 heteroatoms. The minimum Gasteiger partial charge on any atom is -0.481 e. The first-order chi connectivity index (χ1) is 17.7. The summed E-state index contributed by atoms with van der Waals surface area (Å²) >= 11 is 6.25. The third-order valence-electron chi connectivity index (χ3n) is 5.69. The van der Waals surface area contributed by atoms with Crippen LogP contribution in [-0.4, -0.2) is 67.9 Å². The van der Waals surface area contributed by atoms with Crippen LogP contribution in [-0.2, 0) is 20.9 Å². The minimum absolute atomic E-state index is 0.185. The number of hydrogen-bond acceptors (Lipinski definition) is 10. The molecule has 1 aliphatic heterocycles. The normalized spacial score (nSPS) is 19.5. The second-order valence-corrected chi connectivity index (χ2v) is 9.01. The standard InChI is InChI=1S/C18H24ClN9O.2C2H4O2/c1-2-28-25-15(24-26-28)12-8-9-13(29-12)27-10-20-14-16(22-18(19)23-17(14)27)21-11-6-4-3-5-7-11;2*1-2(3)4/h10-13H,2-9H2,1H3,(H,21,22,23);2*1H3,(H,3,4)/t12-,13+;;/m0../s1. The number of ether oxygens (including phenoxy) is 1. The van der Waals surface area contributed by atoms with E-state index in [1.54, 1.807) is 11.1 Å². The highest BCUT2D eigenvalue weighted by molar-refractivity contribution is 6.28. The Labute approximate surface area is 218 Å². The predicted octanol–water partition coefficient (Wildman–Crippen LogP) is 3.46. The number of aryl methyl sites for hydroxylation is 1. The molecule has 5 rings (SSSR count). The third kappa shape index (κ3) is 8.05. The fraction of sp³-hybridized carbons (Fsp3) is 0.636. The number of hydrogen-bond donors (Lipinski definition) is 3. The first-order valence-electron chi connectivity index (χ1n) is 12.2. The first kappa shape index (κ1) is 28.2. The SMILES string of the molecule is CC(=O)O.CC(=O)O.CCn1nnc([C@@H]2CC[C@H](n3cnc4c(NC5CCCCC5)nc(Cl)nc43)O2)n1. The topological polar surface area (TPSA) is 183 Å². The average Bonchev–Trinajstić information content (AvgIpc) is 3.58. The van der Waals surface area contributed by atoms with Crippen LogP contribution in [0.25, 0.3) is 11.2 Å². The molecule has 3 aromatic heterocycles. The van der Waals surface area contributed by atoms with Crippen LogP contribution < -0.4 is 5.32 Å². The molecular weight excluding hydrogens is 506 g/mol. The summed E-state index contributed by atoms with van der Waals surface area (Å²) in [5.74, 6) is -0.348. The Morgan fingerprint density at radius 2 is 1.78 bits per heavy atom.